The Hall–Kier alpha value is -2.10. The summed E-state index contributed by atoms with van der Waals surface area (Å²) >= 11 is 12.1. The monoisotopic (exact) mass is 400 g/mol. The second kappa shape index (κ2) is 8.32. The maximum atomic E-state index is 12.4. The number of rotatable bonds is 6. The van der Waals surface area contributed by atoms with E-state index in [4.69, 9.17) is 28.9 Å². The molecule has 0 unspecified atom stereocenters. The summed E-state index contributed by atoms with van der Waals surface area (Å²) in [7, 11) is 0. The lowest BCUT2D eigenvalue weighted by Crippen LogP contribution is -2.35. The Kier molecular flexibility index (Phi) is 6.40. The minimum atomic E-state index is -1.15. The molecular weight excluding hydrogens is 388 g/mol. The largest absolute Gasteiger partial charge is 0.507 e. The van der Waals surface area contributed by atoms with Crippen molar-refractivity contribution in [1.82, 2.24) is 10.2 Å². The fourth-order valence-corrected chi connectivity index (χ4v) is 3.43. The first kappa shape index (κ1) is 19.2. The summed E-state index contributed by atoms with van der Waals surface area (Å²) in [6, 6.07) is 4.46. The zero-order valence-electron chi connectivity index (χ0n) is 12.7. The van der Waals surface area contributed by atoms with Gasteiger partial charge in [0, 0.05) is 23.6 Å². The van der Waals surface area contributed by atoms with Gasteiger partial charge in [0.25, 0.3) is 5.91 Å². The molecule has 1 aliphatic rings. The summed E-state index contributed by atoms with van der Waals surface area (Å²) in [4.78, 5) is 35.9. The molecular formula is C15H13ClN2O5S2. The van der Waals surface area contributed by atoms with Gasteiger partial charge in [0.2, 0.25) is 5.91 Å². The Morgan fingerprint density at radius 3 is 2.80 bits per heavy atom. The van der Waals surface area contributed by atoms with Crippen molar-refractivity contribution < 1.29 is 24.6 Å². The van der Waals surface area contributed by atoms with Crippen LogP contribution in [0.5, 0.6) is 5.75 Å². The molecule has 25 heavy (non-hydrogen) atoms. The standard InChI is InChI=1S/C15H13ClN2O5S2/c16-9-1-2-10(19)8(5-9)6-11-14(23)18(15(24)25-11)4-3-12(20)17-7-13(21)22/h1-2,5-6,19H,3-4,7H2,(H,17,20)(H,21,22)/b11-6-. The molecule has 7 nitrogen and oxygen atoms in total. The highest BCUT2D eigenvalue weighted by atomic mass is 35.5. The number of aromatic hydroxyl groups is 1. The number of phenolic OH excluding ortho intramolecular Hbond substituents is 1. The van der Waals surface area contributed by atoms with Gasteiger partial charge in [-0.2, -0.15) is 0 Å². The van der Waals surface area contributed by atoms with E-state index in [0.717, 1.165) is 11.8 Å². The van der Waals surface area contributed by atoms with Crippen LogP contribution in [0.4, 0.5) is 0 Å². The van der Waals surface area contributed by atoms with Gasteiger partial charge in [-0.25, -0.2) is 0 Å². The minimum Gasteiger partial charge on any atom is -0.507 e. The van der Waals surface area contributed by atoms with E-state index in [0.29, 0.717) is 15.5 Å². The van der Waals surface area contributed by atoms with Crippen molar-refractivity contribution in [3.8, 4) is 5.75 Å². The number of carbonyl (C=O) groups excluding carboxylic acids is 2. The molecule has 1 heterocycles. The zero-order valence-corrected chi connectivity index (χ0v) is 15.1. The number of phenols is 1. The number of benzene rings is 1. The first-order chi connectivity index (χ1) is 11.8. The Morgan fingerprint density at radius 1 is 1.40 bits per heavy atom. The average Bonchev–Trinajstić information content (AvgIpc) is 2.81. The number of halogens is 1. The van der Waals surface area contributed by atoms with Gasteiger partial charge in [0.05, 0.1) is 4.91 Å². The molecule has 1 aromatic carbocycles. The third-order valence-electron chi connectivity index (χ3n) is 3.15. The zero-order chi connectivity index (χ0) is 18.6. The molecule has 0 spiro atoms. The predicted octanol–water partition coefficient (Wildman–Crippen LogP) is 1.84. The topological polar surface area (TPSA) is 107 Å². The van der Waals surface area contributed by atoms with Gasteiger partial charge in [-0.05, 0) is 24.3 Å². The van der Waals surface area contributed by atoms with Crippen molar-refractivity contribution in [1.29, 1.82) is 0 Å². The quantitative estimate of drug-likeness (QED) is 0.494. The molecule has 2 amide bonds. The molecule has 0 bridgehead atoms. The lowest BCUT2D eigenvalue weighted by Gasteiger charge is -2.13. The smallest absolute Gasteiger partial charge is 0.322 e. The molecule has 1 saturated heterocycles. The molecule has 2 rings (SSSR count). The van der Waals surface area contributed by atoms with E-state index in [1.165, 1.54) is 29.2 Å². The van der Waals surface area contributed by atoms with Crippen LogP contribution < -0.4 is 5.32 Å². The maximum Gasteiger partial charge on any atom is 0.322 e. The number of amides is 2. The van der Waals surface area contributed by atoms with Crippen LogP contribution in [0.15, 0.2) is 23.1 Å². The fourth-order valence-electron chi connectivity index (χ4n) is 1.95. The number of hydrogen-bond acceptors (Lipinski definition) is 6. The van der Waals surface area contributed by atoms with E-state index in [2.05, 4.69) is 5.32 Å². The fraction of sp³-hybridized carbons (Fsp3) is 0.200. The molecule has 10 heteroatoms. The molecule has 3 N–H and O–H groups in total. The van der Waals surface area contributed by atoms with Gasteiger partial charge in [-0.15, -0.1) is 0 Å². The SMILES string of the molecule is O=C(O)CNC(=O)CCN1C(=O)/C(=C/c2cc(Cl)ccc2O)SC1=S. The van der Waals surface area contributed by atoms with Crippen LogP contribution >= 0.6 is 35.6 Å². The molecule has 0 aliphatic carbocycles. The minimum absolute atomic E-state index is 0.0253. The van der Waals surface area contributed by atoms with Gasteiger partial charge in [-0.3, -0.25) is 19.3 Å². The second-order valence-corrected chi connectivity index (χ2v) is 7.07. The summed E-state index contributed by atoms with van der Waals surface area (Å²) in [5.41, 5.74) is 0.382. The number of thiocarbonyl (C=S) groups is 1. The molecule has 1 aliphatic heterocycles. The van der Waals surface area contributed by atoms with Crippen LogP contribution in [-0.2, 0) is 14.4 Å². The van der Waals surface area contributed by atoms with E-state index < -0.39 is 18.4 Å². The molecule has 1 fully saturated rings. The van der Waals surface area contributed by atoms with Gasteiger partial charge in [-0.1, -0.05) is 35.6 Å². The summed E-state index contributed by atoms with van der Waals surface area (Å²) in [5.74, 6) is -2.06. The van der Waals surface area contributed by atoms with Crippen molar-refractivity contribution in [2.45, 2.75) is 6.42 Å². The van der Waals surface area contributed by atoms with E-state index >= 15 is 0 Å². The third kappa shape index (κ3) is 5.18. The van der Waals surface area contributed by atoms with Crippen molar-refractivity contribution in [3.63, 3.8) is 0 Å². The van der Waals surface area contributed by atoms with Crippen molar-refractivity contribution in [2.75, 3.05) is 13.1 Å². The van der Waals surface area contributed by atoms with Gasteiger partial charge in [0.15, 0.2) is 0 Å². The third-order valence-corrected chi connectivity index (χ3v) is 4.76. The number of nitrogens with zero attached hydrogens (tertiary/aromatic N) is 1. The number of carboxylic acid groups (broad SMARTS) is 1. The van der Waals surface area contributed by atoms with E-state index in [1.807, 2.05) is 0 Å². The first-order valence-corrected chi connectivity index (χ1v) is 8.60. The highest BCUT2D eigenvalue weighted by molar-refractivity contribution is 8.26. The summed E-state index contributed by atoms with van der Waals surface area (Å²) in [6.07, 6.45) is 1.40. The van der Waals surface area contributed by atoms with Crippen LogP contribution in [-0.4, -0.2) is 50.3 Å². The second-order valence-electron chi connectivity index (χ2n) is 4.96. The van der Waals surface area contributed by atoms with E-state index in [1.54, 1.807) is 0 Å². The van der Waals surface area contributed by atoms with Gasteiger partial charge < -0.3 is 15.5 Å². The molecule has 132 valence electrons. The molecule has 0 saturated carbocycles. The molecule has 0 aromatic heterocycles. The average molecular weight is 401 g/mol. The maximum absolute atomic E-state index is 12.4. The number of carboxylic acids is 1. The van der Waals surface area contributed by atoms with E-state index in [9.17, 15) is 19.5 Å². The van der Waals surface area contributed by atoms with Gasteiger partial charge in [0.1, 0.15) is 16.6 Å². The Balaban J connectivity index is 2.04. The van der Waals surface area contributed by atoms with Crippen LogP contribution in [0.1, 0.15) is 12.0 Å². The van der Waals surface area contributed by atoms with Gasteiger partial charge >= 0.3 is 5.97 Å². The summed E-state index contributed by atoms with van der Waals surface area (Å²) in [5, 5.41) is 20.9. The number of aliphatic carboxylic acids is 1. The lowest BCUT2D eigenvalue weighted by atomic mass is 10.2. The van der Waals surface area contributed by atoms with E-state index in [-0.39, 0.29) is 28.9 Å². The van der Waals surface area contributed by atoms with Crippen LogP contribution in [0.3, 0.4) is 0 Å². The normalized spacial score (nSPS) is 15.7. The molecule has 0 radical (unpaired) electrons. The van der Waals surface area contributed by atoms with Crippen LogP contribution in [0.2, 0.25) is 5.02 Å². The van der Waals surface area contributed by atoms with Crippen molar-refractivity contribution >= 4 is 63.8 Å². The Bertz CT molecular complexity index is 781. The molecule has 1 aromatic rings. The summed E-state index contributed by atoms with van der Waals surface area (Å²) in [6.45, 7) is -0.444. The predicted molar refractivity (Wildman–Crippen MR) is 98.3 cm³/mol. The highest BCUT2D eigenvalue weighted by Gasteiger charge is 2.32. The highest BCUT2D eigenvalue weighted by Crippen LogP contribution is 2.34. The summed E-state index contributed by atoms with van der Waals surface area (Å²) < 4.78 is 0.281. The first-order valence-electron chi connectivity index (χ1n) is 7.00. The number of nitrogens with one attached hydrogen (secondary N) is 1. The Labute approximate surface area is 157 Å². The van der Waals surface area contributed by atoms with Crippen LogP contribution in [0, 0.1) is 0 Å². The number of thioether (sulfide) groups is 1. The van der Waals surface area contributed by atoms with Crippen molar-refractivity contribution in [2.24, 2.45) is 0 Å². The lowest BCUT2D eigenvalue weighted by molar-refractivity contribution is -0.138. The van der Waals surface area contributed by atoms with Crippen molar-refractivity contribution in [3.05, 3.63) is 33.7 Å². The number of carbonyl (C=O) groups is 3. The van der Waals surface area contributed by atoms with Crippen LogP contribution in [0.25, 0.3) is 6.08 Å². The molecule has 0 atom stereocenters. The Morgan fingerprint density at radius 2 is 2.12 bits per heavy atom. The number of hydrogen-bond donors (Lipinski definition) is 3.